The molecule has 1 heterocycles. The van der Waals surface area contributed by atoms with Gasteiger partial charge in [0.2, 0.25) is 0 Å². The Bertz CT molecular complexity index is 837. The first-order valence-electron chi connectivity index (χ1n) is 11.7. The zero-order valence-corrected chi connectivity index (χ0v) is 19.2. The van der Waals surface area contributed by atoms with E-state index in [1.807, 2.05) is 65.4 Å². The minimum atomic E-state index is -0.0977. The largest absolute Gasteiger partial charge is 0.323 e. The number of nitrogens with zero attached hydrogens (tertiary/aromatic N) is 2. The Kier molecular flexibility index (Phi) is 8.27. The van der Waals surface area contributed by atoms with Crippen LogP contribution in [-0.4, -0.2) is 40.7 Å². The molecule has 0 aliphatic carbocycles. The lowest BCUT2D eigenvalue weighted by Gasteiger charge is -2.33. The van der Waals surface area contributed by atoms with Gasteiger partial charge >= 0.3 is 6.03 Å². The lowest BCUT2D eigenvalue weighted by atomic mass is 9.93. The van der Waals surface area contributed by atoms with E-state index in [0.29, 0.717) is 6.42 Å². The minimum Gasteiger partial charge on any atom is -0.323 e. The second kappa shape index (κ2) is 11.1. The van der Waals surface area contributed by atoms with E-state index in [-0.39, 0.29) is 29.9 Å². The smallest absolute Gasteiger partial charge is 0.320 e. The van der Waals surface area contributed by atoms with Gasteiger partial charge in [-0.2, -0.15) is 0 Å². The SMILES string of the molecule is CCCCCCC[C@@H](CC(=O)c1ccccc1)N1C(=O)N(C)[C@@H](C)[C@H]1c1ccccc1. The predicted octanol–water partition coefficient (Wildman–Crippen LogP) is 6.49. The van der Waals surface area contributed by atoms with Gasteiger partial charge in [-0.1, -0.05) is 99.7 Å². The molecule has 1 aliphatic heterocycles. The number of benzene rings is 2. The second-order valence-corrected chi connectivity index (χ2v) is 8.75. The molecule has 0 bridgehead atoms. The second-order valence-electron chi connectivity index (χ2n) is 8.75. The van der Waals surface area contributed by atoms with Gasteiger partial charge in [0.15, 0.2) is 5.78 Å². The lowest BCUT2D eigenvalue weighted by molar-refractivity contribution is 0.0916. The third kappa shape index (κ3) is 5.55. The summed E-state index contributed by atoms with van der Waals surface area (Å²) in [5.74, 6) is 0.112. The summed E-state index contributed by atoms with van der Waals surface area (Å²) in [6, 6.07) is 19.7. The monoisotopic (exact) mass is 420 g/mol. The summed E-state index contributed by atoms with van der Waals surface area (Å²) in [7, 11) is 1.88. The van der Waals surface area contributed by atoms with E-state index < -0.39 is 0 Å². The molecule has 0 N–H and O–H groups in total. The van der Waals surface area contributed by atoms with Gasteiger partial charge in [0.1, 0.15) is 0 Å². The first-order valence-corrected chi connectivity index (χ1v) is 11.7. The Balaban J connectivity index is 1.85. The number of carbonyl (C=O) groups is 2. The molecule has 166 valence electrons. The number of hydrogen-bond acceptors (Lipinski definition) is 2. The molecule has 0 saturated carbocycles. The van der Waals surface area contributed by atoms with Crippen LogP contribution in [0, 0.1) is 0 Å². The zero-order chi connectivity index (χ0) is 22.2. The molecule has 31 heavy (non-hydrogen) atoms. The first kappa shape index (κ1) is 23.1. The van der Waals surface area contributed by atoms with Crippen LogP contribution in [0.2, 0.25) is 0 Å². The van der Waals surface area contributed by atoms with Crippen LogP contribution >= 0.6 is 0 Å². The van der Waals surface area contributed by atoms with Crippen molar-refractivity contribution >= 4 is 11.8 Å². The molecule has 3 rings (SSSR count). The van der Waals surface area contributed by atoms with Crippen LogP contribution in [0.1, 0.15) is 80.8 Å². The van der Waals surface area contributed by atoms with E-state index in [4.69, 9.17) is 0 Å². The Morgan fingerprint density at radius 2 is 1.55 bits per heavy atom. The molecule has 4 nitrogen and oxygen atoms in total. The molecule has 1 aliphatic rings. The molecule has 0 unspecified atom stereocenters. The average molecular weight is 421 g/mol. The highest BCUT2D eigenvalue weighted by atomic mass is 16.2. The van der Waals surface area contributed by atoms with E-state index in [2.05, 4.69) is 26.0 Å². The van der Waals surface area contributed by atoms with Gasteiger partial charge in [-0.05, 0) is 18.9 Å². The fraction of sp³-hybridized carbons (Fsp3) is 0.481. The predicted molar refractivity (Wildman–Crippen MR) is 126 cm³/mol. The highest BCUT2D eigenvalue weighted by Crippen LogP contribution is 2.38. The maximum absolute atomic E-state index is 13.3. The van der Waals surface area contributed by atoms with Crippen molar-refractivity contribution < 1.29 is 9.59 Å². The molecule has 4 heteroatoms. The quantitative estimate of drug-likeness (QED) is 0.308. The van der Waals surface area contributed by atoms with Crippen LogP contribution in [0.15, 0.2) is 60.7 Å². The number of unbranched alkanes of at least 4 members (excludes halogenated alkanes) is 4. The van der Waals surface area contributed by atoms with Crippen molar-refractivity contribution in [1.29, 1.82) is 0 Å². The van der Waals surface area contributed by atoms with E-state index >= 15 is 0 Å². The number of amides is 2. The van der Waals surface area contributed by atoms with Crippen molar-refractivity contribution in [3.8, 4) is 0 Å². The number of urea groups is 1. The summed E-state index contributed by atoms with van der Waals surface area (Å²) >= 11 is 0. The van der Waals surface area contributed by atoms with Gasteiger partial charge in [-0.3, -0.25) is 4.79 Å². The van der Waals surface area contributed by atoms with Crippen LogP contribution in [0.25, 0.3) is 0 Å². The van der Waals surface area contributed by atoms with E-state index in [1.165, 1.54) is 19.3 Å². The molecule has 2 aromatic rings. The van der Waals surface area contributed by atoms with Crippen LogP contribution < -0.4 is 0 Å². The Hall–Kier alpha value is -2.62. The van der Waals surface area contributed by atoms with E-state index in [1.54, 1.807) is 0 Å². The van der Waals surface area contributed by atoms with Crippen molar-refractivity contribution in [1.82, 2.24) is 9.80 Å². The van der Waals surface area contributed by atoms with Crippen molar-refractivity contribution in [2.24, 2.45) is 0 Å². The van der Waals surface area contributed by atoms with Gasteiger partial charge in [0.05, 0.1) is 12.1 Å². The maximum Gasteiger partial charge on any atom is 0.320 e. The van der Waals surface area contributed by atoms with E-state index in [0.717, 1.165) is 30.4 Å². The third-order valence-corrected chi connectivity index (χ3v) is 6.58. The molecular weight excluding hydrogens is 384 g/mol. The molecular formula is C27H36N2O2. The molecule has 2 aromatic carbocycles. The molecule has 3 atom stereocenters. The number of hydrogen-bond donors (Lipinski definition) is 0. The summed E-state index contributed by atoms with van der Waals surface area (Å²) in [4.78, 5) is 30.3. The van der Waals surface area contributed by atoms with Crippen molar-refractivity contribution in [2.75, 3.05) is 7.05 Å². The topological polar surface area (TPSA) is 40.6 Å². The van der Waals surface area contributed by atoms with Crippen LogP contribution in [0.3, 0.4) is 0 Å². The van der Waals surface area contributed by atoms with Gasteiger partial charge in [-0.25, -0.2) is 4.79 Å². The average Bonchev–Trinajstić information content (AvgIpc) is 3.03. The number of likely N-dealkylation sites (N-methyl/N-ethyl adjacent to an activating group) is 1. The number of Topliss-reactive ketones (excluding diaryl/α,β-unsaturated/α-hetero) is 1. The molecule has 1 fully saturated rings. The van der Waals surface area contributed by atoms with Gasteiger partial charge in [-0.15, -0.1) is 0 Å². The van der Waals surface area contributed by atoms with Crippen molar-refractivity contribution in [3.05, 3.63) is 71.8 Å². The number of ketones is 1. The molecule has 1 saturated heterocycles. The normalized spacial score (nSPS) is 19.6. The van der Waals surface area contributed by atoms with Crippen molar-refractivity contribution in [2.45, 2.75) is 76.9 Å². The van der Waals surface area contributed by atoms with Crippen molar-refractivity contribution in [3.63, 3.8) is 0 Å². The Labute approximate surface area is 187 Å². The summed E-state index contributed by atoms with van der Waals surface area (Å²) in [5.41, 5.74) is 1.86. The highest BCUT2D eigenvalue weighted by molar-refractivity contribution is 5.96. The minimum absolute atomic E-state index is 0.0285. The number of rotatable bonds is 11. The first-order chi connectivity index (χ1) is 15.0. The number of carbonyl (C=O) groups excluding carboxylic acids is 2. The fourth-order valence-corrected chi connectivity index (χ4v) is 4.67. The molecule has 2 amide bonds. The molecule has 0 spiro atoms. The van der Waals surface area contributed by atoms with Gasteiger partial charge in [0, 0.05) is 25.1 Å². The van der Waals surface area contributed by atoms with Crippen LogP contribution in [-0.2, 0) is 0 Å². The summed E-state index contributed by atoms with van der Waals surface area (Å²) in [5, 5.41) is 0. The summed E-state index contributed by atoms with van der Waals surface area (Å²) < 4.78 is 0. The maximum atomic E-state index is 13.3. The standard InChI is InChI=1S/C27H36N2O2/c1-4-5-6-7-14-19-24(20-25(30)22-15-10-8-11-16-22)29-26(21(2)28(3)27(29)31)23-17-12-9-13-18-23/h8-13,15-18,21,24,26H,4-7,14,19-20H2,1-3H3/t21-,24-,26-/m0/s1. The Morgan fingerprint density at radius 3 is 2.19 bits per heavy atom. The lowest BCUT2D eigenvalue weighted by Crippen LogP contribution is -2.41. The fourth-order valence-electron chi connectivity index (χ4n) is 4.67. The third-order valence-electron chi connectivity index (χ3n) is 6.58. The Morgan fingerprint density at radius 1 is 0.935 bits per heavy atom. The van der Waals surface area contributed by atoms with Gasteiger partial charge < -0.3 is 9.80 Å². The van der Waals surface area contributed by atoms with E-state index in [9.17, 15) is 9.59 Å². The van der Waals surface area contributed by atoms with Crippen LogP contribution in [0.4, 0.5) is 4.79 Å². The molecule has 0 radical (unpaired) electrons. The highest BCUT2D eigenvalue weighted by Gasteiger charge is 2.45. The summed E-state index contributed by atoms with van der Waals surface area (Å²) in [6.07, 6.45) is 7.07. The van der Waals surface area contributed by atoms with Crippen LogP contribution in [0.5, 0.6) is 0 Å². The molecule has 0 aromatic heterocycles. The summed E-state index contributed by atoms with van der Waals surface area (Å²) in [6.45, 7) is 4.32. The van der Waals surface area contributed by atoms with Gasteiger partial charge in [0.25, 0.3) is 0 Å². The zero-order valence-electron chi connectivity index (χ0n) is 19.2.